The van der Waals surface area contributed by atoms with Gasteiger partial charge in [0.15, 0.2) is 0 Å². The molecule has 1 aromatic carbocycles. The van der Waals surface area contributed by atoms with Crippen molar-refractivity contribution in [2.75, 3.05) is 20.6 Å². The highest BCUT2D eigenvalue weighted by Gasteiger charge is 2.09. The van der Waals surface area contributed by atoms with Crippen molar-refractivity contribution in [3.05, 3.63) is 29.8 Å². The van der Waals surface area contributed by atoms with Gasteiger partial charge in [0.1, 0.15) is 5.75 Å². The largest absolute Gasteiger partial charge is 0.435 e. The van der Waals surface area contributed by atoms with E-state index in [9.17, 15) is 13.6 Å². The molecule has 1 aromatic rings. The third-order valence-electron chi connectivity index (χ3n) is 2.58. The van der Waals surface area contributed by atoms with Gasteiger partial charge in [-0.05, 0) is 24.7 Å². The van der Waals surface area contributed by atoms with E-state index in [2.05, 4.69) is 10.1 Å². The van der Waals surface area contributed by atoms with Gasteiger partial charge in [0.25, 0.3) is 0 Å². The molecule has 0 fully saturated rings. The maximum atomic E-state index is 12.0. The highest BCUT2D eigenvalue weighted by atomic mass is 35.5. The molecule has 0 atom stereocenters. The summed E-state index contributed by atoms with van der Waals surface area (Å²) in [6.07, 6.45) is 0.430. The smallest absolute Gasteiger partial charge is 0.387 e. The first-order valence-electron chi connectivity index (χ1n) is 5.95. The number of hydrogen-bond acceptors (Lipinski definition) is 3. The molecule has 0 bridgehead atoms. The van der Waals surface area contributed by atoms with Crippen LogP contribution in [0.3, 0.4) is 0 Å². The Labute approximate surface area is 123 Å². The van der Waals surface area contributed by atoms with Crippen LogP contribution in [0.5, 0.6) is 5.75 Å². The van der Waals surface area contributed by atoms with E-state index >= 15 is 0 Å². The monoisotopic (exact) mass is 308 g/mol. The Hall–Kier alpha value is -1.40. The number of hydrogen-bond donors (Lipinski definition) is 1. The molecule has 0 heterocycles. The molecule has 0 aliphatic carbocycles. The summed E-state index contributed by atoms with van der Waals surface area (Å²) in [6.45, 7) is -1.75. The summed E-state index contributed by atoms with van der Waals surface area (Å²) in [5.41, 5.74) is 0.863. The van der Waals surface area contributed by atoms with Gasteiger partial charge in [-0.2, -0.15) is 8.78 Å². The van der Waals surface area contributed by atoms with Crippen molar-refractivity contribution in [3.8, 4) is 5.75 Å². The Morgan fingerprint density at radius 3 is 2.45 bits per heavy atom. The Morgan fingerprint density at radius 2 is 1.95 bits per heavy atom. The average molecular weight is 309 g/mol. The fourth-order valence-corrected chi connectivity index (χ4v) is 1.56. The van der Waals surface area contributed by atoms with Crippen LogP contribution in [0.2, 0.25) is 0 Å². The van der Waals surface area contributed by atoms with Crippen LogP contribution < -0.4 is 10.1 Å². The molecule has 0 saturated heterocycles. The first kappa shape index (κ1) is 18.6. The Balaban J connectivity index is 0.00000361. The van der Waals surface area contributed by atoms with Crippen LogP contribution in [0.15, 0.2) is 24.3 Å². The van der Waals surface area contributed by atoms with Gasteiger partial charge in [0, 0.05) is 26.6 Å². The van der Waals surface area contributed by atoms with Gasteiger partial charge in [-0.25, -0.2) is 0 Å². The second kappa shape index (κ2) is 9.50. The number of amides is 1. The number of nitrogens with zero attached hydrogens (tertiary/aromatic N) is 1. The molecule has 0 spiro atoms. The maximum absolute atomic E-state index is 12.0. The molecule has 0 saturated carbocycles. The second-order valence-electron chi connectivity index (χ2n) is 4.13. The molecule has 114 valence electrons. The van der Waals surface area contributed by atoms with Crippen LogP contribution in [0.4, 0.5) is 8.78 Å². The molecule has 1 N–H and O–H groups in total. The molecule has 0 unspecified atom stereocenters. The topological polar surface area (TPSA) is 41.6 Å². The molecule has 1 amide bonds. The van der Waals surface area contributed by atoms with Crippen molar-refractivity contribution in [3.63, 3.8) is 0 Å². The van der Waals surface area contributed by atoms with E-state index in [4.69, 9.17) is 0 Å². The SMILES string of the molecule is CNCCC(=O)N(C)Cc1ccc(OC(F)F)cc1.Cl. The van der Waals surface area contributed by atoms with E-state index < -0.39 is 6.61 Å². The maximum Gasteiger partial charge on any atom is 0.387 e. The lowest BCUT2D eigenvalue weighted by Gasteiger charge is -2.17. The molecule has 1 rings (SSSR count). The number of ether oxygens (including phenoxy) is 1. The van der Waals surface area contributed by atoms with Crippen LogP contribution in [-0.4, -0.2) is 38.1 Å². The highest BCUT2D eigenvalue weighted by molar-refractivity contribution is 5.85. The molecule has 20 heavy (non-hydrogen) atoms. The van der Waals surface area contributed by atoms with E-state index in [0.717, 1.165) is 5.56 Å². The normalized spacial score (nSPS) is 10.1. The number of nitrogens with one attached hydrogen (secondary N) is 1. The average Bonchev–Trinajstić information content (AvgIpc) is 2.37. The van der Waals surface area contributed by atoms with Gasteiger partial charge in [0.05, 0.1) is 0 Å². The minimum absolute atomic E-state index is 0. The number of halogens is 3. The molecule has 4 nitrogen and oxygen atoms in total. The van der Waals surface area contributed by atoms with Crippen LogP contribution >= 0.6 is 12.4 Å². The lowest BCUT2D eigenvalue weighted by atomic mass is 10.2. The predicted molar refractivity (Wildman–Crippen MR) is 75.3 cm³/mol. The third kappa shape index (κ3) is 6.68. The molecule has 0 aliphatic rings. The van der Waals surface area contributed by atoms with E-state index in [1.807, 2.05) is 0 Å². The van der Waals surface area contributed by atoms with Gasteiger partial charge < -0.3 is 15.0 Å². The van der Waals surface area contributed by atoms with Gasteiger partial charge in [-0.1, -0.05) is 12.1 Å². The van der Waals surface area contributed by atoms with Gasteiger partial charge in [-0.15, -0.1) is 12.4 Å². The first-order chi connectivity index (χ1) is 9.02. The molecular weight excluding hydrogens is 290 g/mol. The van der Waals surface area contributed by atoms with Gasteiger partial charge in [-0.3, -0.25) is 4.79 Å². The summed E-state index contributed by atoms with van der Waals surface area (Å²) < 4.78 is 28.2. The van der Waals surface area contributed by atoms with Crippen molar-refractivity contribution in [2.45, 2.75) is 19.6 Å². The highest BCUT2D eigenvalue weighted by Crippen LogP contribution is 2.15. The Bertz CT molecular complexity index is 402. The first-order valence-corrected chi connectivity index (χ1v) is 5.95. The zero-order valence-electron chi connectivity index (χ0n) is 11.4. The number of carbonyl (C=O) groups is 1. The molecule has 0 radical (unpaired) electrons. The minimum Gasteiger partial charge on any atom is -0.435 e. The Morgan fingerprint density at radius 1 is 1.35 bits per heavy atom. The summed E-state index contributed by atoms with van der Waals surface area (Å²) in [6, 6.07) is 6.26. The lowest BCUT2D eigenvalue weighted by Crippen LogP contribution is -2.28. The van der Waals surface area contributed by atoms with Gasteiger partial charge >= 0.3 is 6.61 Å². The molecule has 0 aromatic heterocycles. The lowest BCUT2D eigenvalue weighted by molar-refractivity contribution is -0.130. The predicted octanol–water partition coefficient (Wildman–Crippen LogP) is 2.28. The van der Waals surface area contributed by atoms with Gasteiger partial charge in [0.2, 0.25) is 5.91 Å². The molecule has 0 aliphatic heterocycles. The minimum atomic E-state index is -2.82. The molecule has 7 heteroatoms. The summed E-state index contributed by atoms with van der Waals surface area (Å²) in [5, 5.41) is 2.91. The van der Waals surface area contributed by atoms with Crippen LogP contribution in [0.1, 0.15) is 12.0 Å². The van der Waals surface area contributed by atoms with E-state index in [-0.39, 0.29) is 24.1 Å². The molecular formula is C13H19ClF2N2O2. The van der Waals surface area contributed by atoms with Crippen molar-refractivity contribution in [1.82, 2.24) is 10.2 Å². The fraction of sp³-hybridized carbons (Fsp3) is 0.462. The number of carbonyl (C=O) groups excluding carboxylic acids is 1. The summed E-state index contributed by atoms with van der Waals surface area (Å²) in [4.78, 5) is 13.3. The third-order valence-corrected chi connectivity index (χ3v) is 2.58. The van der Waals surface area contributed by atoms with E-state index in [0.29, 0.717) is 19.5 Å². The van der Waals surface area contributed by atoms with E-state index in [1.54, 1.807) is 31.1 Å². The second-order valence-corrected chi connectivity index (χ2v) is 4.13. The number of benzene rings is 1. The zero-order chi connectivity index (χ0) is 14.3. The van der Waals surface area contributed by atoms with E-state index in [1.165, 1.54) is 12.1 Å². The number of rotatable bonds is 7. The van der Waals surface area contributed by atoms with Crippen molar-refractivity contribution in [1.29, 1.82) is 0 Å². The summed E-state index contributed by atoms with van der Waals surface area (Å²) >= 11 is 0. The standard InChI is InChI=1S/C13H18F2N2O2.ClH/c1-16-8-7-12(18)17(2)9-10-3-5-11(6-4-10)19-13(14)15;/h3-6,13,16H,7-9H2,1-2H3;1H. The quantitative estimate of drug-likeness (QED) is 0.840. The van der Waals surface area contributed by atoms with Crippen molar-refractivity contribution >= 4 is 18.3 Å². The summed E-state index contributed by atoms with van der Waals surface area (Å²) in [5.74, 6) is 0.144. The van der Waals surface area contributed by atoms with Crippen LogP contribution in [0, 0.1) is 0 Å². The van der Waals surface area contributed by atoms with Crippen molar-refractivity contribution < 1.29 is 18.3 Å². The Kier molecular flexibility index (Phi) is 8.83. The zero-order valence-corrected chi connectivity index (χ0v) is 12.3. The fourth-order valence-electron chi connectivity index (χ4n) is 1.56. The van der Waals surface area contributed by atoms with Crippen molar-refractivity contribution in [2.24, 2.45) is 0 Å². The van der Waals surface area contributed by atoms with Crippen LogP contribution in [0.25, 0.3) is 0 Å². The van der Waals surface area contributed by atoms with Crippen LogP contribution in [-0.2, 0) is 11.3 Å². The summed E-state index contributed by atoms with van der Waals surface area (Å²) in [7, 11) is 3.50. The number of alkyl halides is 2.